The van der Waals surface area contributed by atoms with Crippen LogP contribution in [-0.4, -0.2) is 66.0 Å². The third-order valence-corrected chi connectivity index (χ3v) is 7.39. The van der Waals surface area contributed by atoms with Crippen LogP contribution in [0.2, 0.25) is 0 Å². The van der Waals surface area contributed by atoms with E-state index in [0.29, 0.717) is 44.2 Å². The molecule has 0 aliphatic carbocycles. The Morgan fingerprint density at radius 3 is 2.38 bits per heavy atom. The van der Waals surface area contributed by atoms with Crippen LogP contribution in [0, 0.1) is 13.8 Å². The Morgan fingerprint density at radius 2 is 1.67 bits per heavy atom. The number of hydrogen-bond acceptors (Lipinski definition) is 6. The normalized spacial score (nSPS) is 19.4. The molecule has 7 heteroatoms. The second-order valence-corrected chi connectivity index (χ2v) is 10.1. The van der Waals surface area contributed by atoms with Gasteiger partial charge in [0.25, 0.3) is 11.7 Å². The minimum atomic E-state index is -0.700. The number of carbonyl (C=O) groups excluding carboxylic acids is 2. The summed E-state index contributed by atoms with van der Waals surface area (Å²) in [6, 6.07) is 22.4. The van der Waals surface area contributed by atoms with E-state index in [1.165, 1.54) is 0 Å². The first-order valence-electron chi connectivity index (χ1n) is 13.3. The molecule has 1 atom stereocenters. The van der Waals surface area contributed by atoms with Crippen molar-refractivity contribution in [3.63, 3.8) is 0 Å². The predicted octanol–water partition coefficient (Wildman–Crippen LogP) is 4.64. The first-order chi connectivity index (χ1) is 18.9. The number of hydrogen-bond donors (Lipinski definition) is 1. The van der Waals surface area contributed by atoms with E-state index in [2.05, 4.69) is 4.90 Å². The Kier molecular flexibility index (Phi) is 8.10. The van der Waals surface area contributed by atoms with Crippen LogP contribution >= 0.6 is 0 Å². The zero-order valence-electron chi connectivity index (χ0n) is 22.4. The van der Waals surface area contributed by atoms with Gasteiger partial charge in [0.05, 0.1) is 24.8 Å². The summed E-state index contributed by atoms with van der Waals surface area (Å²) in [6.07, 6.45) is 0. The highest BCUT2D eigenvalue weighted by Gasteiger charge is 2.46. The average molecular weight is 527 g/mol. The molecule has 202 valence electrons. The van der Waals surface area contributed by atoms with E-state index in [4.69, 9.17) is 9.47 Å². The number of carbonyl (C=O) groups is 2. The summed E-state index contributed by atoms with van der Waals surface area (Å²) < 4.78 is 11.4. The minimum Gasteiger partial charge on any atom is -0.507 e. The quantitative estimate of drug-likeness (QED) is 0.262. The maximum atomic E-state index is 13.4. The fourth-order valence-electron chi connectivity index (χ4n) is 5.15. The molecule has 2 heterocycles. The first kappa shape index (κ1) is 26.7. The molecular weight excluding hydrogens is 492 g/mol. The summed E-state index contributed by atoms with van der Waals surface area (Å²) in [5.41, 5.74) is 4.28. The number of nitrogens with zero attached hydrogens (tertiary/aromatic N) is 2. The number of aliphatic hydroxyl groups excluding tert-OH is 1. The number of ether oxygens (including phenoxy) is 2. The molecule has 5 rings (SSSR count). The van der Waals surface area contributed by atoms with Crippen LogP contribution in [0.15, 0.2) is 78.4 Å². The van der Waals surface area contributed by atoms with Gasteiger partial charge in [0.15, 0.2) is 0 Å². The lowest BCUT2D eigenvalue weighted by atomic mass is 9.93. The van der Waals surface area contributed by atoms with Gasteiger partial charge in [-0.2, -0.15) is 0 Å². The summed E-state index contributed by atoms with van der Waals surface area (Å²) in [7, 11) is 0. The molecule has 1 amide bonds. The highest BCUT2D eigenvalue weighted by molar-refractivity contribution is 6.46. The van der Waals surface area contributed by atoms with Gasteiger partial charge in [-0.1, -0.05) is 60.2 Å². The molecule has 7 nitrogen and oxygen atoms in total. The van der Waals surface area contributed by atoms with Gasteiger partial charge in [0, 0.05) is 31.7 Å². The van der Waals surface area contributed by atoms with Crippen molar-refractivity contribution in [2.75, 3.05) is 39.4 Å². The second-order valence-electron chi connectivity index (χ2n) is 10.1. The fraction of sp³-hybridized carbons (Fsp3) is 0.312. The molecule has 0 spiro atoms. The molecule has 0 bridgehead atoms. The minimum absolute atomic E-state index is 0.119. The zero-order chi connectivity index (χ0) is 27.4. The van der Waals surface area contributed by atoms with Crippen molar-refractivity contribution in [1.29, 1.82) is 0 Å². The Bertz CT molecular complexity index is 1360. The monoisotopic (exact) mass is 526 g/mol. The van der Waals surface area contributed by atoms with E-state index in [-0.39, 0.29) is 11.3 Å². The molecule has 3 aromatic carbocycles. The van der Waals surface area contributed by atoms with E-state index in [1.807, 2.05) is 86.6 Å². The number of Topliss-reactive ketones (excluding diaryl/α,β-unsaturated/α-hetero) is 1. The number of rotatable bonds is 8. The van der Waals surface area contributed by atoms with Gasteiger partial charge >= 0.3 is 0 Å². The maximum Gasteiger partial charge on any atom is 0.295 e. The predicted molar refractivity (Wildman–Crippen MR) is 149 cm³/mol. The second kappa shape index (κ2) is 11.8. The molecule has 3 aromatic rings. The molecule has 2 saturated heterocycles. The van der Waals surface area contributed by atoms with E-state index in [1.54, 1.807) is 4.90 Å². The molecule has 1 unspecified atom stereocenters. The summed E-state index contributed by atoms with van der Waals surface area (Å²) in [4.78, 5) is 30.6. The number of likely N-dealkylation sites (tertiary alicyclic amines) is 1. The topological polar surface area (TPSA) is 79.3 Å². The van der Waals surface area contributed by atoms with E-state index < -0.39 is 17.7 Å². The van der Waals surface area contributed by atoms with Crippen molar-refractivity contribution < 1.29 is 24.2 Å². The number of ketones is 1. The van der Waals surface area contributed by atoms with Crippen molar-refractivity contribution in [3.8, 4) is 5.75 Å². The summed E-state index contributed by atoms with van der Waals surface area (Å²) in [5, 5.41) is 11.5. The van der Waals surface area contributed by atoms with E-state index in [9.17, 15) is 14.7 Å². The van der Waals surface area contributed by atoms with Crippen LogP contribution in [0.4, 0.5) is 0 Å². The van der Waals surface area contributed by atoms with Crippen LogP contribution in [0.1, 0.15) is 33.9 Å². The van der Waals surface area contributed by atoms with Gasteiger partial charge in [-0.25, -0.2) is 0 Å². The van der Waals surface area contributed by atoms with Gasteiger partial charge in [-0.3, -0.25) is 14.5 Å². The van der Waals surface area contributed by atoms with Crippen molar-refractivity contribution in [1.82, 2.24) is 9.80 Å². The Labute approximate surface area is 229 Å². The van der Waals surface area contributed by atoms with Gasteiger partial charge in [-0.05, 0) is 48.7 Å². The van der Waals surface area contributed by atoms with Crippen molar-refractivity contribution in [2.45, 2.75) is 26.5 Å². The number of aliphatic hydroxyl groups is 1. The zero-order valence-corrected chi connectivity index (χ0v) is 22.4. The molecule has 2 aliphatic rings. The highest BCUT2D eigenvalue weighted by atomic mass is 16.5. The largest absolute Gasteiger partial charge is 0.507 e. The van der Waals surface area contributed by atoms with Crippen LogP contribution in [0.3, 0.4) is 0 Å². The maximum absolute atomic E-state index is 13.4. The van der Waals surface area contributed by atoms with Gasteiger partial charge < -0.3 is 19.5 Å². The summed E-state index contributed by atoms with van der Waals surface area (Å²) in [5.74, 6) is -0.713. The summed E-state index contributed by atoms with van der Waals surface area (Å²) >= 11 is 0. The lowest BCUT2D eigenvalue weighted by Crippen LogP contribution is -2.42. The Hall–Kier alpha value is -3.94. The van der Waals surface area contributed by atoms with E-state index in [0.717, 1.165) is 35.3 Å². The third-order valence-electron chi connectivity index (χ3n) is 7.39. The van der Waals surface area contributed by atoms with Gasteiger partial charge in [-0.15, -0.1) is 0 Å². The molecule has 2 fully saturated rings. The van der Waals surface area contributed by atoms with Crippen LogP contribution in [-0.2, 0) is 20.9 Å². The smallest absolute Gasteiger partial charge is 0.295 e. The van der Waals surface area contributed by atoms with Gasteiger partial charge in [0.1, 0.15) is 18.1 Å². The number of aryl methyl sites for hydroxylation is 2. The molecular formula is C32H34N2O5. The molecule has 1 N–H and O–H groups in total. The van der Waals surface area contributed by atoms with Crippen LogP contribution in [0.5, 0.6) is 5.75 Å². The number of morpholine rings is 1. The van der Waals surface area contributed by atoms with Crippen LogP contribution < -0.4 is 4.74 Å². The number of benzene rings is 3. The lowest BCUT2D eigenvalue weighted by molar-refractivity contribution is -0.140. The SMILES string of the molecule is Cc1ccc(C)c(C(O)=C2C(=O)C(=O)N(CCN3CCOCC3)C2c2ccc(OCc3ccccc3)cc2)c1. The Morgan fingerprint density at radius 1 is 0.949 bits per heavy atom. The van der Waals surface area contributed by atoms with Gasteiger partial charge in [0.2, 0.25) is 0 Å². The van der Waals surface area contributed by atoms with Crippen molar-refractivity contribution in [3.05, 3.63) is 106 Å². The highest BCUT2D eigenvalue weighted by Crippen LogP contribution is 2.40. The average Bonchev–Trinajstić information content (AvgIpc) is 3.22. The molecule has 2 aliphatic heterocycles. The standard InChI is InChI=1S/C32H34N2O5/c1-22-8-9-23(2)27(20-22)30(35)28-29(34(32(37)31(28)36)15-14-33-16-18-38-19-17-33)25-10-12-26(13-11-25)39-21-24-6-4-3-5-7-24/h3-13,20,29,35H,14-19,21H2,1-2H3. The van der Waals surface area contributed by atoms with Crippen molar-refractivity contribution >= 4 is 17.4 Å². The fourth-order valence-corrected chi connectivity index (χ4v) is 5.15. The van der Waals surface area contributed by atoms with Crippen LogP contribution in [0.25, 0.3) is 5.76 Å². The Balaban J connectivity index is 1.47. The number of amides is 1. The third kappa shape index (κ3) is 5.90. The first-order valence-corrected chi connectivity index (χ1v) is 13.3. The summed E-state index contributed by atoms with van der Waals surface area (Å²) in [6.45, 7) is 8.11. The van der Waals surface area contributed by atoms with Crippen molar-refractivity contribution in [2.24, 2.45) is 0 Å². The lowest BCUT2D eigenvalue weighted by Gasteiger charge is -2.31. The molecule has 0 aromatic heterocycles. The molecule has 0 saturated carbocycles. The molecule has 39 heavy (non-hydrogen) atoms. The van der Waals surface area contributed by atoms with E-state index >= 15 is 0 Å². The molecule has 0 radical (unpaired) electrons.